The Morgan fingerprint density at radius 2 is 2.31 bits per heavy atom. The van der Waals surface area contributed by atoms with E-state index in [9.17, 15) is 0 Å². The molecular formula is C10H12N2O. The highest BCUT2D eigenvalue weighted by Crippen LogP contribution is 2.19. The second-order valence-corrected chi connectivity index (χ2v) is 3.02. The zero-order valence-electron chi connectivity index (χ0n) is 7.58. The van der Waals surface area contributed by atoms with Gasteiger partial charge in [0.2, 0.25) is 0 Å². The fourth-order valence-corrected chi connectivity index (χ4v) is 1.40. The summed E-state index contributed by atoms with van der Waals surface area (Å²) in [6.45, 7) is 2.55. The summed E-state index contributed by atoms with van der Waals surface area (Å²) >= 11 is 0. The van der Waals surface area contributed by atoms with Crippen molar-refractivity contribution in [2.75, 3.05) is 0 Å². The molecule has 0 unspecified atom stereocenters. The maximum absolute atomic E-state index is 5.53. The number of aryl methyl sites for hydroxylation is 1. The summed E-state index contributed by atoms with van der Waals surface area (Å²) in [4.78, 5) is 0. The van der Waals surface area contributed by atoms with Crippen LogP contribution in [0.3, 0.4) is 0 Å². The number of benzene rings is 1. The first kappa shape index (κ1) is 8.26. The maximum atomic E-state index is 5.53. The van der Waals surface area contributed by atoms with Crippen molar-refractivity contribution in [3.63, 3.8) is 0 Å². The van der Waals surface area contributed by atoms with Gasteiger partial charge in [0.15, 0.2) is 5.58 Å². The third-order valence-corrected chi connectivity index (χ3v) is 2.21. The number of nitrogens with two attached hydrogens (primary N) is 1. The van der Waals surface area contributed by atoms with Crippen molar-refractivity contribution in [2.24, 2.45) is 5.73 Å². The van der Waals surface area contributed by atoms with Gasteiger partial charge in [0.1, 0.15) is 5.69 Å². The van der Waals surface area contributed by atoms with Crippen LogP contribution in [0.15, 0.2) is 22.7 Å². The monoisotopic (exact) mass is 176 g/mol. The molecule has 0 saturated carbocycles. The Hall–Kier alpha value is -1.35. The first-order chi connectivity index (χ1) is 6.35. The molecule has 2 rings (SSSR count). The van der Waals surface area contributed by atoms with E-state index >= 15 is 0 Å². The Morgan fingerprint density at radius 1 is 1.46 bits per heavy atom. The molecule has 2 aromatic rings. The normalized spacial score (nSPS) is 10.9. The van der Waals surface area contributed by atoms with Gasteiger partial charge in [0.05, 0.1) is 0 Å². The number of hydrogen-bond donors (Lipinski definition) is 1. The maximum Gasteiger partial charge on any atom is 0.167 e. The van der Waals surface area contributed by atoms with Crippen LogP contribution in [-0.4, -0.2) is 5.16 Å². The van der Waals surface area contributed by atoms with Crippen molar-refractivity contribution in [2.45, 2.75) is 19.9 Å². The third kappa shape index (κ3) is 1.31. The smallest absolute Gasteiger partial charge is 0.167 e. The molecule has 1 aromatic carbocycles. The van der Waals surface area contributed by atoms with Gasteiger partial charge in [0, 0.05) is 11.9 Å². The van der Waals surface area contributed by atoms with E-state index in [-0.39, 0.29) is 0 Å². The molecule has 13 heavy (non-hydrogen) atoms. The Labute approximate surface area is 76.5 Å². The third-order valence-electron chi connectivity index (χ3n) is 2.21. The SMILES string of the molecule is CCc1ccc2onc(CN)c2c1. The summed E-state index contributed by atoms with van der Waals surface area (Å²) < 4.78 is 5.11. The lowest BCUT2D eigenvalue weighted by Gasteiger charge is -1.95. The average molecular weight is 176 g/mol. The highest BCUT2D eigenvalue weighted by molar-refractivity contribution is 5.80. The van der Waals surface area contributed by atoms with Gasteiger partial charge in [-0.2, -0.15) is 0 Å². The summed E-state index contributed by atoms with van der Waals surface area (Å²) in [6, 6.07) is 6.09. The molecule has 1 aromatic heterocycles. The molecule has 3 nitrogen and oxygen atoms in total. The molecule has 0 spiro atoms. The van der Waals surface area contributed by atoms with E-state index in [0.717, 1.165) is 23.1 Å². The minimum Gasteiger partial charge on any atom is -0.356 e. The van der Waals surface area contributed by atoms with E-state index in [2.05, 4.69) is 18.1 Å². The van der Waals surface area contributed by atoms with Crippen molar-refractivity contribution in [1.82, 2.24) is 5.16 Å². The summed E-state index contributed by atoms with van der Waals surface area (Å²) in [6.07, 6.45) is 1.02. The van der Waals surface area contributed by atoms with Crippen molar-refractivity contribution >= 4 is 11.0 Å². The lowest BCUT2D eigenvalue weighted by Crippen LogP contribution is -1.96. The number of rotatable bonds is 2. The van der Waals surface area contributed by atoms with E-state index in [1.807, 2.05) is 12.1 Å². The summed E-state index contributed by atoms with van der Waals surface area (Å²) in [5.74, 6) is 0. The van der Waals surface area contributed by atoms with E-state index in [1.165, 1.54) is 5.56 Å². The number of hydrogen-bond acceptors (Lipinski definition) is 3. The minimum absolute atomic E-state index is 0.431. The van der Waals surface area contributed by atoms with Crippen molar-refractivity contribution in [3.8, 4) is 0 Å². The largest absolute Gasteiger partial charge is 0.356 e. The number of aromatic nitrogens is 1. The van der Waals surface area contributed by atoms with E-state index < -0.39 is 0 Å². The van der Waals surface area contributed by atoms with E-state index in [0.29, 0.717) is 6.54 Å². The fraction of sp³-hybridized carbons (Fsp3) is 0.300. The van der Waals surface area contributed by atoms with Gasteiger partial charge in [-0.05, 0) is 24.1 Å². The van der Waals surface area contributed by atoms with Crippen LogP contribution in [0.1, 0.15) is 18.2 Å². The second kappa shape index (κ2) is 3.18. The molecular weight excluding hydrogens is 164 g/mol. The molecule has 0 aliphatic carbocycles. The molecule has 0 amide bonds. The van der Waals surface area contributed by atoms with Gasteiger partial charge in [-0.25, -0.2) is 0 Å². The molecule has 0 atom stereocenters. The predicted octanol–water partition coefficient (Wildman–Crippen LogP) is 1.85. The first-order valence-electron chi connectivity index (χ1n) is 4.42. The van der Waals surface area contributed by atoms with Gasteiger partial charge in [-0.15, -0.1) is 0 Å². The number of fused-ring (bicyclic) bond motifs is 1. The van der Waals surface area contributed by atoms with Crippen LogP contribution < -0.4 is 5.73 Å². The average Bonchev–Trinajstić information content (AvgIpc) is 2.59. The Bertz CT molecular complexity index is 420. The zero-order chi connectivity index (χ0) is 9.26. The lowest BCUT2D eigenvalue weighted by atomic mass is 10.1. The second-order valence-electron chi connectivity index (χ2n) is 3.02. The summed E-state index contributed by atoms with van der Waals surface area (Å²) in [7, 11) is 0. The van der Waals surface area contributed by atoms with Crippen LogP contribution in [0.2, 0.25) is 0 Å². The Morgan fingerprint density at radius 3 is 3.00 bits per heavy atom. The molecule has 68 valence electrons. The minimum atomic E-state index is 0.431. The predicted molar refractivity (Wildman–Crippen MR) is 51.3 cm³/mol. The van der Waals surface area contributed by atoms with Gasteiger partial charge >= 0.3 is 0 Å². The van der Waals surface area contributed by atoms with Crippen LogP contribution in [0.5, 0.6) is 0 Å². The van der Waals surface area contributed by atoms with Crippen LogP contribution in [0.4, 0.5) is 0 Å². The van der Waals surface area contributed by atoms with Crippen LogP contribution >= 0.6 is 0 Å². The van der Waals surface area contributed by atoms with Gasteiger partial charge in [-0.1, -0.05) is 18.1 Å². The van der Waals surface area contributed by atoms with Crippen LogP contribution in [0.25, 0.3) is 11.0 Å². The first-order valence-corrected chi connectivity index (χ1v) is 4.42. The molecule has 0 radical (unpaired) electrons. The molecule has 1 heterocycles. The van der Waals surface area contributed by atoms with Crippen LogP contribution in [-0.2, 0) is 13.0 Å². The molecule has 0 aliphatic heterocycles. The number of nitrogens with zero attached hydrogens (tertiary/aromatic N) is 1. The Kier molecular flexibility index (Phi) is 2.02. The molecule has 0 aliphatic rings. The van der Waals surface area contributed by atoms with Crippen molar-refractivity contribution in [1.29, 1.82) is 0 Å². The summed E-state index contributed by atoms with van der Waals surface area (Å²) in [5, 5.41) is 4.93. The molecule has 2 N–H and O–H groups in total. The fourth-order valence-electron chi connectivity index (χ4n) is 1.40. The lowest BCUT2D eigenvalue weighted by molar-refractivity contribution is 0.446. The van der Waals surface area contributed by atoms with Crippen LogP contribution in [0, 0.1) is 0 Å². The molecule has 0 bridgehead atoms. The van der Waals surface area contributed by atoms with Crippen molar-refractivity contribution < 1.29 is 4.52 Å². The summed E-state index contributed by atoms with van der Waals surface area (Å²) in [5.41, 5.74) is 8.47. The van der Waals surface area contributed by atoms with Crippen molar-refractivity contribution in [3.05, 3.63) is 29.5 Å². The molecule has 3 heteroatoms. The van der Waals surface area contributed by atoms with Gasteiger partial charge in [0.25, 0.3) is 0 Å². The van der Waals surface area contributed by atoms with Gasteiger partial charge < -0.3 is 10.3 Å². The van der Waals surface area contributed by atoms with E-state index in [1.54, 1.807) is 0 Å². The van der Waals surface area contributed by atoms with Gasteiger partial charge in [-0.3, -0.25) is 0 Å². The zero-order valence-corrected chi connectivity index (χ0v) is 7.58. The Balaban J connectivity index is 2.64. The quantitative estimate of drug-likeness (QED) is 0.759. The van der Waals surface area contributed by atoms with E-state index in [4.69, 9.17) is 10.3 Å². The molecule has 0 saturated heterocycles. The molecule has 0 fully saturated rings. The topological polar surface area (TPSA) is 52.0 Å². The highest BCUT2D eigenvalue weighted by Gasteiger charge is 2.05. The standard InChI is InChI=1S/C10H12N2O/c1-2-7-3-4-10-8(5-7)9(6-11)12-13-10/h3-5H,2,6,11H2,1H3. The highest BCUT2D eigenvalue weighted by atomic mass is 16.5.